The minimum Gasteiger partial charge on any atom is -0.359 e. The zero-order valence-electron chi connectivity index (χ0n) is 12.2. The molecular formula is C15H27N3. The minimum atomic E-state index is 0.359. The molecule has 1 aromatic rings. The zero-order valence-corrected chi connectivity index (χ0v) is 12.2. The molecule has 3 heteroatoms. The number of unbranched alkanes of at least 4 members (excludes halogenated alkanes) is 1. The van der Waals surface area contributed by atoms with Crippen molar-refractivity contribution >= 4 is 5.82 Å². The summed E-state index contributed by atoms with van der Waals surface area (Å²) in [5.41, 5.74) is 1.30. The van der Waals surface area contributed by atoms with Gasteiger partial charge in [0.25, 0.3) is 0 Å². The molecule has 0 fully saturated rings. The van der Waals surface area contributed by atoms with Crippen LogP contribution in [0.1, 0.15) is 51.6 Å². The summed E-state index contributed by atoms with van der Waals surface area (Å²) in [6.07, 6.45) is 5.47. The number of pyridine rings is 1. The lowest BCUT2D eigenvalue weighted by molar-refractivity contribution is 0.567. The maximum Gasteiger partial charge on any atom is 0.133 e. The van der Waals surface area contributed by atoms with E-state index in [0.29, 0.717) is 6.04 Å². The summed E-state index contributed by atoms with van der Waals surface area (Å²) in [5.74, 6) is 1.11. The van der Waals surface area contributed by atoms with Crippen molar-refractivity contribution in [3.05, 3.63) is 23.9 Å². The third kappa shape index (κ3) is 4.30. The fourth-order valence-electron chi connectivity index (χ4n) is 2.04. The molecule has 0 saturated carbocycles. The van der Waals surface area contributed by atoms with Crippen molar-refractivity contribution in [3.8, 4) is 0 Å². The minimum absolute atomic E-state index is 0.359. The lowest BCUT2D eigenvalue weighted by Crippen LogP contribution is -2.25. The molecule has 0 aliphatic rings. The van der Waals surface area contributed by atoms with Crippen molar-refractivity contribution in [2.24, 2.45) is 0 Å². The first-order valence-corrected chi connectivity index (χ1v) is 7.10. The van der Waals surface area contributed by atoms with Crippen LogP contribution in [-0.4, -0.2) is 25.1 Å². The van der Waals surface area contributed by atoms with Crippen LogP contribution in [0.3, 0.4) is 0 Å². The summed E-state index contributed by atoms with van der Waals surface area (Å²) in [7, 11) is 2.13. The van der Waals surface area contributed by atoms with E-state index in [2.05, 4.69) is 49.1 Å². The second kappa shape index (κ2) is 8.09. The second-order valence-electron chi connectivity index (χ2n) is 4.87. The molecule has 0 aliphatic heterocycles. The van der Waals surface area contributed by atoms with Crippen LogP contribution in [0.5, 0.6) is 0 Å². The van der Waals surface area contributed by atoms with Crippen molar-refractivity contribution < 1.29 is 0 Å². The first-order chi connectivity index (χ1) is 8.70. The molecule has 0 saturated heterocycles. The van der Waals surface area contributed by atoms with Gasteiger partial charge in [-0.3, -0.25) is 0 Å². The highest BCUT2D eigenvalue weighted by atomic mass is 15.2. The highest BCUT2D eigenvalue weighted by Gasteiger charge is 2.13. The molecule has 0 radical (unpaired) electrons. The van der Waals surface area contributed by atoms with E-state index in [9.17, 15) is 0 Å². The van der Waals surface area contributed by atoms with Crippen LogP contribution in [0.4, 0.5) is 5.82 Å². The van der Waals surface area contributed by atoms with E-state index in [0.717, 1.165) is 25.3 Å². The molecule has 18 heavy (non-hydrogen) atoms. The molecule has 1 rings (SSSR count). The van der Waals surface area contributed by atoms with Crippen LogP contribution in [0, 0.1) is 0 Å². The number of nitrogens with one attached hydrogen (secondary N) is 1. The smallest absolute Gasteiger partial charge is 0.133 e. The molecule has 1 atom stereocenters. The molecule has 1 heterocycles. The molecule has 0 spiro atoms. The van der Waals surface area contributed by atoms with E-state index in [1.807, 2.05) is 12.3 Å². The maximum atomic E-state index is 4.55. The van der Waals surface area contributed by atoms with Gasteiger partial charge in [-0.15, -0.1) is 0 Å². The van der Waals surface area contributed by atoms with Crippen LogP contribution >= 0.6 is 0 Å². The highest BCUT2D eigenvalue weighted by Crippen LogP contribution is 2.23. The SMILES string of the molecule is CCCCN(C)c1ncccc1C(C)NCCC. The summed E-state index contributed by atoms with van der Waals surface area (Å²) in [4.78, 5) is 6.81. The lowest BCUT2D eigenvalue weighted by Gasteiger charge is -2.24. The zero-order chi connectivity index (χ0) is 13.4. The topological polar surface area (TPSA) is 28.2 Å². The Morgan fingerprint density at radius 1 is 1.33 bits per heavy atom. The van der Waals surface area contributed by atoms with Crippen molar-refractivity contribution in [1.82, 2.24) is 10.3 Å². The molecule has 0 aliphatic carbocycles. The van der Waals surface area contributed by atoms with Crippen molar-refractivity contribution in [1.29, 1.82) is 0 Å². The first-order valence-electron chi connectivity index (χ1n) is 7.10. The Hall–Kier alpha value is -1.09. The van der Waals surface area contributed by atoms with Gasteiger partial charge >= 0.3 is 0 Å². The van der Waals surface area contributed by atoms with Gasteiger partial charge < -0.3 is 10.2 Å². The standard InChI is InChI=1S/C15H27N3/c1-5-7-12-18(4)15-14(9-8-11-17-15)13(3)16-10-6-2/h8-9,11,13,16H,5-7,10,12H2,1-4H3. The summed E-state index contributed by atoms with van der Waals surface area (Å²) >= 11 is 0. The molecule has 0 aromatic carbocycles. The second-order valence-corrected chi connectivity index (χ2v) is 4.87. The van der Waals surface area contributed by atoms with Gasteiger partial charge in [0.2, 0.25) is 0 Å². The van der Waals surface area contributed by atoms with Gasteiger partial charge in [-0.1, -0.05) is 26.3 Å². The molecule has 1 aromatic heterocycles. The van der Waals surface area contributed by atoms with Crippen LogP contribution < -0.4 is 10.2 Å². The van der Waals surface area contributed by atoms with E-state index in [1.165, 1.54) is 18.4 Å². The van der Waals surface area contributed by atoms with E-state index in [4.69, 9.17) is 0 Å². The van der Waals surface area contributed by atoms with Crippen LogP contribution in [0.15, 0.2) is 18.3 Å². The highest BCUT2D eigenvalue weighted by molar-refractivity contribution is 5.47. The molecular weight excluding hydrogens is 222 g/mol. The van der Waals surface area contributed by atoms with E-state index < -0.39 is 0 Å². The van der Waals surface area contributed by atoms with Crippen molar-refractivity contribution in [2.75, 3.05) is 25.0 Å². The van der Waals surface area contributed by atoms with E-state index in [-0.39, 0.29) is 0 Å². The normalized spacial score (nSPS) is 12.4. The van der Waals surface area contributed by atoms with Gasteiger partial charge in [0.15, 0.2) is 0 Å². The summed E-state index contributed by atoms with van der Waals surface area (Å²) in [6, 6.07) is 4.56. The molecule has 3 nitrogen and oxygen atoms in total. The first kappa shape index (κ1) is 15.0. The Morgan fingerprint density at radius 2 is 2.11 bits per heavy atom. The van der Waals surface area contributed by atoms with E-state index in [1.54, 1.807) is 0 Å². The maximum absolute atomic E-state index is 4.55. The Labute approximate surface area is 112 Å². The third-order valence-electron chi connectivity index (χ3n) is 3.19. The van der Waals surface area contributed by atoms with Crippen LogP contribution in [-0.2, 0) is 0 Å². The largest absolute Gasteiger partial charge is 0.359 e. The Kier molecular flexibility index (Phi) is 6.73. The van der Waals surface area contributed by atoms with Crippen LogP contribution in [0.25, 0.3) is 0 Å². The summed E-state index contributed by atoms with van der Waals surface area (Å²) < 4.78 is 0. The molecule has 102 valence electrons. The van der Waals surface area contributed by atoms with Crippen LogP contribution in [0.2, 0.25) is 0 Å². The van der Waals surface area contributed by atoms with Crippen molar-refractivity contribution in [3.63, 3.8) is 0 Å². The average molecular weight is 249 g/mol. The number of hydrogen-bond acceptors (Lipinski definition) is 3. The molecule has 1 unspecified atom stereocenters. The number of nitrogens with zero attached hydrogens (tertiary/aromatic N) is 2. The number of aromatic nitrogens is 1. The van der Waals surface area contributed by atoms with Gasteiger partial charge in [0, 0.05) is 31.4 Å². The summed E-state index contributed by atoms with van der Waals surface area (Å²) in [6.45, 7) is 8.74. The fourth-order valence-corrected chi connectivity index (χ4v) is 2.04. The van der Waals surface area contributed by atoms with Crippen molar-refractivity contribution in [2.45, 2.75) is 46.1 Å². The van der Waals surface area contributed by atoms with Gasteiger partial charge in [-0.05, 0) is 32.4 Å². The fraction of sp³-hybridized carbons (Fsp3) is 0.667. The predicted octanol–water partition coefficient (Wildman–Crippen LogP) is 3.38. The molecule has 1 N–H and O–H groups in total. The quantitative estimate of drug-likeness (QED) is 0.765. The average Bonchev–Trinajstić information content (AvgIpc) is 2.42. The lowest BCUT2D eigenvalue weighted by atomic mass is 10.1. The van der Waals surface area contributed by atoms with E-state index >= 15 is 0 Å². The Balaban J connectivity index is 2.77. The number of anilines is 1. The van der Waals surface area contributed by atoms with Gasteiger partial charge in [-0.2, -0.15) is 0 Å². The Morgan fingerprint density at radius 3 is 2.78 bits per heavy atom. The van der Waals surface area contributed by atoms with Gasteiger partial charge in [-0.25, -0.2) is 4.98 Å². The Bertz CT molecular complexity index is 305. The monoisotopic (exact) mass is 249 g/mol. The number of rotatable bonds is 8. The number of hydrogen-bond donors (Lipinski definition) is 1. The predicted molar refractivity (Wildman–Crippen MR) is 79.1 cm³/mol. The van der Waals surface area contributed by atoms with Gasteiger partial charge in [0.05, 0.1) is 0 Å². The molecule has 0 amide bonds. The third-order valence-corrected chi connectivity index (χ3v) is 3.19. The summed E-state index contributed by atoms with van der Waals surface area (Å²) in [5, 5.41) is 3.53. The van der Waals surface area contributed by atoms with Gasteiger partial charge in [0.1, 0.15) is 5.82 Å². The molecule has 0 bridgehead atoms.